The van der Waals surface area contributed by atoms with Crippen LogP contribution in [0.25, 0.3) is 0 Å². The lowest BCUT2D eigenvalue weighted by atomic mass is 9.95. The Morgan fingerprint density at radius 3 is 2.80 bits per heavy atom. The first-order valence-corrected chi connectivity index (χ1v) is 6.12. The maximum absolute atomic E-state index is 14.2. The minimum Gasteiger partial charge on any atom is -0.315 e. The zero-order chi connectivity index (χ0) is 10.6. The van der Waals surface area contributed by atoms with Crippen LogP contribution in [0.3, 0.4) is 0 Å². The smallest absolute Gasteiger partial charge is 0.135 e. The molecule has 0 aromatic heterocycles. The number of piperidine rings is 2. The molecular weight excluding hydrogens is 193 g/mol. The first-order valence-electron chi connectivity index (χ1n) is 6.12. The number of nitrogens with one attached hydrogen (secondary N) is 3. The lowest BCUT2D eigenvalue weighted by Gasteiger charge is -2.33. The van der Waals surface area contributed by atoms with Crippen LogP contribution in [-0.2, 0) is 0 Å². The molecule has 3 nitrogen and oxygen atoms in total. The van der Waals surface area contributed by atoms with Crippen LogP contribution in [0, 0.1) is 0 Å². The van der Waals surface area contributed by atoms with E-state index in [4.69, 9.17) is 0 Å². The SMILES string of the molecule is FC1(CNC2CCCNC2)CCCNC1. The summed E-state index contributed by atoms with van der Waals surface area (Å²) in [6.45, 7) is 4.09. The standard InChI is InChI=1S/C11H22FN3/c12-11(4-2-6-14-8-11)9-15-10-3-1-5-13-7-10/h10,13-15H,1-9H2. The van der Waals surface area contributed by atoms with Crippen molar-refractivity contribution >= 4 is 0 Å². The molecule has 0 aliphatic carbocycles. The summed E-state index contributed by atoms with van der Waals surface area (Å²) in [5, 5.41) is 9.82. The molecule has 0 bridgehead atoms. The third kappa shape index (κ3) is 3.40. The Hall–Kier alpha value is -0.190. The molecule has 2 unspecified atom stereocenters. The second-order valence-corrected chi connectivity index (χ2v) is 4.86. The molecule has 2 rings (SSSR count). The lowest BCUT2D eigenvalue weighted by molar-refractivity contribution is 0.114. The maximum atomic E-state index is 14.2. The third-order valence-electron chi connectivity index (χ3n) is 3.42. The lowest BCUT2D eigenvalue weighted by Crippen LogP contribution is -2.53. The van der Waals surface area contributed by atoms with Crippen LogP contribution in [-0.4, -0.2) is 44.4 Å². The summed E-state index contributed by atoms with van der Waals surface area (Å²) in [6, 6.07) is 0.466. The Balaban J connectivity index is 1.70. The fourth-order valence-electron chi connectivity index (χ4n) is 2.44. The largest absolute Gasteiger partial charge is 0.315 e. The Morgan fingerprint density at radius 2 is 2.13 bits per heavy atom. The average molecular weight is 215 g/mol. The van der Waals surface area contributed by atoms with Crippen molar-refractivity contribution in [3.63, 3.8) is 0 Å². The van der Waals surface area contributed by atoms with Gasteiger partial charge in [0.2, 0.25) is 0 Å². The highest BCUT2D eigenvalue weighted by Crippen LogP contribution is 2.20. The van der Waals surface area contributed by atoms with E-state index in [2.05, 4.69) is 16.0 Å². The van der Waals surface area contributed by atoms with Gasteiger partial charge in [-0.25, -0.2) is 4.39 Å². The minimum absolute atomic E-state index is 0.466. The topological polar surface area (TPSA) is 36.1 Å². The molecule has 0 spiro atoms. The molecular formula is C11H22FN3. The summed E-state index contributed by atoms with van der Waals surface area (Å²) in [4.78, 5) is 0. The van der Waals surface area contributed by atoms with Crippen LogP contribution in [0.4, 0.5) is 4.39 Å². The van der Waals surface area contributed by atoms with Gasteiger partial charge in [-0.2, -0.15) is 0 Å². The molecule has 0 aromatic rings. The highest BCUT2D eigenvalue weighted by Gasteiger charge is 2.32. The fourth-order valence-corrected chi connectivity index (χ4v) is 2.44. The van der Waals surface area contributed by atoms with Crippen molar-refractivity contribution in [3.8, 4) is 0 Å². The van der Waals surface area contributed by atoms with Crippen molar-refractivity contribution in [2.24, 2.45) is 0 Å². The molecule has 2 saturated heterocycles. The van der Waals surface area contributed by atoms with Crippen LogP contribution in [0.2, 0.25) is 0 Å². The second-order valence-electron chi connectivity index (χ2n) is 4.86. The van der Waals surface area contributed by atoms with Crippen LogP contribution >= 0.6 is 0 Å². The van der Waals surface area contributed by atoms with Crippen molar-refractivity contribution in [2.45, 2.75) is 37.4 Å². The molecule has 0 saturated carbocycles. The Morgan fingerprint density at radius 1 is 1.27 bits per heavy atom. The predicted molar refractivity (Wildman–Crippen MR) is 59.8 cm³/mol. The molecule has 88 valence electrons. The van der Waals surface area contributed by atoms with Crippen molar-refractivity contribution in [3.05, 3.63) is 0 Å². The highest BCUT2D eigenvalue weighted by molar-refractivity contribution is 4.89. The summed E-state index contributed by atoms with van der Waals surface area (Å²) in [6.07, 6.45) is 4.04. The van der Waals surface area contributed by atoms with Crippen LogP contribution in [0.15, 0.2) is 0 Å². The van der Waals surface area contributed by atoms with Gasteiger partial charge in [0.15, 0.2) is 0 Å². The van der Waals surface area contributed by atoms with E-state index in [-0.39, 0.29) is 0 Å². The zero-order valence-corrected chi connectivity index (χ0v) is 9.32. The minimum atomic E-state index is -1.02. The van der Waals surface area contributed by atoms with Gasteiger partial charge in [0.05, 0.1) is 0 Å². The van der Waals surface area contributed by atoms with E-state index in [0.717, 1.165) is 26.1 Å². The normalized spacial score (nSPS) is 37.8. The molecule has 2 fully saturated rings. The average Bonchev–Trinajstić information content (AvgIpc) is 2.29. The van der Waals surface area contributed by atoms with E-state index in [1.54, 1.807) is 0 Å². The Bertz CT molecular complexity index is 186. The Labute approximate surface area is 91.2 Å². The molecule has 0 radical (unpaired) electrons. The third-order valence-corrected chi connectivity index (χ3v) is 3.42. The van der Waals surface area contributed by atoms with Crippen molar-refractivity contribution in [1.82, 2.24) is 16.0 Å². The molecule has 15 heavy (non-hydrogen) atoms. The van der Waals surface area contributed by atoms with E-state index in [1.165, 1.54) is 12.8 Å². The van der Waals surface area contributed by atoms with Gasteiger partial charge in [0.1, 0.15) is 5.67 Å². The molecule has 4 heteroatoms. The van der Waals surface area contributed by atoms with Gasteiger partial charge in [-0.3, -0.25) is 0 Å². The molecule has 2 aliphatic rings. The number of rotatable bonds is 3. The number of halogens is 1. The van der Waals surface area contributed by atoms with Crippen LogP contribution in [0.5, 0.6) is 0 Å². The van der Waals surface area contributed by atoms with Gasteiger partial charge in [-0.05, 0) is 38.8 Å². The second kappa shape index (κ2) is 5.23. The Kier molecular flexibility index (Phi) is 3.94. The monoisotopic (exact) mass is 215 g/mol. The summed E-state index contributed by atoms with van der Waals surface area (Å²) in [7, 11) is 0. The highest BCUT2D eigenvalue weighted by atomic mass is 19.1. The van der Waals surface area contributed by atoms with Crippen molar-refractivity contribution in [2.75, 3.05) is 32.7 Å². The van der Waals surface area contributed by atoms with Gasteiger partial charge >= 0.3 is 0 Å². The first kappa shape index (κ1) is 11.3. The van der Waals surface area contributed by atoms with Gasteiger partial charge in [0, 0.05) is 25.7 Å². The van der Waals surface area contributed by atoms with E-state index in [0.29, 0.717) is 25.6 Å². The van der Waals surface area contributed by atoms with E-state index >= 15 is 0 Å². The van der Waals surface area contributed by atoms with E-state index in [1.807, 2.05) is 0 Å². The van der Waals surface area contributed by atoms with Gasteiger partial charge < -0.3 is 16.0 Å². The first-order chi connectivity index (χ1) is 7.29. The van der Waals surface area contributed by atoms with E-state index < -0.39 is 5.67 Å². The van der Waals surface area contributed by atoms with Crippen molar-refractivity contribution in [1.29, 1.82) is 0 Å². The van der Waals surface area contributed by atoms with E-state index in [9.17, 15) is 4.39 Å². The van der Waals surface area contributed by atoms with Crippen molar-refractivity contribution < 1.29 is 4.39 Å². The van der Waals surface area contributed by atoms with Gasteiger partial charge in [-0.1, -0.05) is 0 Å². The maximum Gasteiger partial charge on any atom is 0.135 e. The number of alkyl halides is 1. The molecule has 0 aromatic carbocycles. The van der Waals surface area contributed by atoms with Crippen LogP contribution in [0.1, 0.15) is 25.7 Å². The van der Waals surface area contributed by atoms with Crippen LogP contribution < -0.4 is 16.0 Å². The summed E-state index contributed by atoms with van der Waals surface area (Å²) >= 11 is 0. The molecule has 0 amide bonds. The summed E-state index contributed by atoms with van der Waals surface area (Å²) in [5.74, 6) is 0. The fraction of sp³-hybridized carbons (Fsp3) is 1.00. The molecule has 2 atom stereocenters. The van der Waals surface area contributed by atoms with Gasteiger partial charge in [-0.15, -0.1) is 0 Å². The number of hydrogen-bond acceptors (Lipinski definition) is 3. The quantitative estimate of drug-likeness (QED) is 0.638. The summed E-state index contributed by atoms with van der Waals surface area (Å²) < 4.78 is 14.2. The molecule has 2 aliphatic heterocycles. The molecule has 3 N–H and O–H groups in total. The number of hydrogen-bond donors (Lipinski definition) is 3. The van der Waals surface area contributed by atoms with Gasteiger partial charge in [0.25, 0.3) is 0 Å². The molecule has 2 heterocycles. The zero-order valence-electron chi connectivity index (χ0n) is 9.32. The summed E-state index contributed by atoms with van der Waals surface area (Å²) in [5.41, 5.74) is -1.02. The predicted octanol–water partition coefficient (Wildman–Crippen LogP) is 0.420.